The number of nitrogens with zero attached hydrogens (tertiary/aromatic N) is 4. The Morgan fingerprint density at radius 2 is 1.85 bits per heavy atom. The van der Waals surface area contributed by atoms with Crippen molar-refractivity contribution in [2.75, 3.05) is 29.0 Å². The van der Waals surface area contributed by atoms with Gasteiger partial charge in [0.15, 0.2) is 0 Å². The van der Waals surface area contributed by atoms with E-state index in [0.717, 1.165) is 30.9 Å². The number of carbonyl (C=O) groups is 1. The maximum atomic E-state index is 13.0. The lowest BCUT2D eigenvalue weighted by atomic mass is 10.1. The van der Waals surface area contributed by atoms with Crippen molar-refractivity contribution in [3.8, 4) is 11.1 Å². The van der Waals surface area contributed by atoms with E-state index in [9.17, 15) is 9.18 Å². The van der Waals surface area contributed by atoms with Crippen LogP contribution in [0.25, 0.3) is 11.1 Å². The summed E-state index contributed by atoms with van der Waals surface area (Å²) in [5.74, 6) is -0.190. The Morgan fingerprint density at radius 3 is 2.48 bits per heavy atom. The molecule has 7 nitrogen and oxygen atoms in total. The predicted octanol–water partition coefficient (Wildman–Crippen LogP) is 2.72. The van der Waals surface area contributed by atoms with Gasteiger partial charge in [-0.1, -0.05) is 6.07 Å². The van der Waals surface area contributed by atoms with Crippen molar-refractivity contribution in [2.24, 2.45) is 0 Å². The van der Waals surface area contributed by atoms with Crippen molar-refractivity contribution in [2.45, 2.75) is 6.42 Å². The first kappa shape index (κ1) is 16.9. The van der Waals surface area contributed by atoms with E-state index in [1.165, 1.54) is 18.5 Å². The molecule has 4 rings (SSSR count). The fraction of sp³-hybridized carbons (Fsp3) is 0.158. The Morgan fingerprint density at radius 1 is 1.04 bits per heavy atom. The quantitative estimate of drug-likeness (QED) is 0.546. The molecule has 0 atom stereocenters. The normalized spacial score (nSPS) is 13.1. The van der Waals surface area contributed by atoms with Crippen LogP contribution in [0.15, 0.2) is 48.9 Å². The zero-order chi connectivity index (χ0) is 18.8. The van der Waals surface area contributed by atoms with Gasteiger partial charge in [0.05, 0.1) is 23.8 Å². The fourth-order valence-electron chi connectivity index (χ4n) is 2.72. The van der Waals surface area contributed by atoms with Gasteiger partial charge in [-0.05, 0) is 36.2 Å². The molecule has 2 aromatic heterocycles. The number of nitrogen functional groups attached to an aromatic ring is 1. The zero-order valence-electron chi connectivity index (χ0n) is 14.4. The van der Waals surface area contributed by atoms with Gasteiger partial charge >= 0.3 is 0 Å². The number of aromatic nitrogens is 3. The molecule has 0 bridgehead atoms. The SMILES string of the molecule is Nc1ccc(-c2ccc(F)nc2)cc1NC(=O)c1cnc(N2CCC2)cn1. The van der Waals surface area contributed by atoms with E-state index in [1.54, 1.807) is 30.5 Å². The van der Waals surface area contributed by atoms with E-state index in [1.807, 2.05) is 0 Å². The Kier molecular flexibility index (Phi) is 4.37. The summed E-state index contributed by atoms with van der Waals surface area (Å²) >= 11 is 0. The lowest BCUT2D eigenvalue weighted by molar-refractivity contribution is 0.102. The third-order valence-electron chi connectivity index (χ3n) is 4.41. The van der Waals surface area contributed by atoms with Crippen LogP contribution in [0, 0.1) is 5.95 Å². The van der Waals surface area contributed by atoms with Crippen LogP contribution >= 0.6 is 0 Å². The van der Waals surface area contributed by atoms with E-state index >= 15 is 0 Å². The molecule has 1 amide bonds. The molecule has 1 aromatic carbocycles. The molecule has 0 spiro atoms. The van der Waals surface area contributed by atoms with Crippen molar-refractivity contribution in [1.82, 2.24) is 15.0 Å². The number of pyridine rings is 1. The summed E-state index contributed by atoms with van der Waals surface area (Å²) in [6.07, 6.45) is 5.61. The zero-order valence-corrected chi connectivity index (χ0v) is 14.4. The summed E-state index contributed by atoms with van der Waals surface area (Å²) in [5, 5.41) is 2.75. The summed E-state index contributed by atoms with van der Waals surface area (Å²) in [6.45, 7) is 1.92. The number of nitrogens with two attached hydrogens (primary N) is 1. The van der Waals surface area contributed by atoms with Gasteiger partial charge in [0, 0.05) is 24.8 Å². The molecule has 1 aliphatic heterocycles. The molecule has 0 radical (unpaired) electrons. The van der Waals surface area contributed by atoms with Crippen molar-refractivity contribution in [1.29, 1.82) is 0 Å². The van der Waals surface area contributed by atoms with Crippen molar-refractivity contribution < 1.29 is 9.18 Å². The van der Waals surface area contributed by atoms with Crippen LogP contribution < -0.4 is 16.0 Å². The van der Waals surface area contributed by atoms with Crippen LogP contribution in [-0.2, 0) is 0 Å². The Labute approximate surface area is 155 Å². The maximum Gasteiger partial charge on any atom is 0.275 e. The average molecular weight is 364 g/mol. The van der Waals surface area contributed by atoms with E-state index in [2.05, 4.69) is 25.2 Å². The number of anilines is 3. The fourth-order valence-corrected chi connectivity index (χ4v) is 2.72. The highest BCUT2D eigenvalue weighted by Gasteiger charge is 2.17. The predicted molar refractivity (Wildman–Crippen MR) is 101 cm³/mol. The first-order chi connectivity index (χ1) is 13.1. The highest BCUT2D eigenvalue weighted by atomic mass is 19.1. The summed E-state index contributed by atoms with van der Waals surface area (Å²) < 4.78 is 13.0. The minimum Gasteiger partial charge on any atom is -0.397 e. The summed E-state index contributed by atoms with van der Waals surface area (Å²) in [4.78, 5) is 26.7. The second-order valence-corrected chi connectivity index (χ2v) is 6.23. The van der Waals surface area contributed by atoms with Gasteiger partial charge in [0.25, 0.3) is 5.91 Å². The number of benzene rings is 1. The Balaban J connectivity index is 1.53. The van der Waals surface area contributed by atoms with Gasteiger partial charge < -0.3 is 16.0 Å². The second kappa shape index (κ2) is 6.99. The molecule has 3 aromatic rings. The molecule has 0 saturated carbocycles. The third-order valence-corrected chi connectivity index (χ3v) is 4.41. The molecule has 8 heteroatoms. The summed E-state index contributed by atoms with van der Waals surface area (Å²) in [7, 11) is 0. The van der Waals surface area contributed by atoms with Crippen LogP contribution in [0.3, 0.4) is 0 Å². The first-order valence-electron chi connectivity index (χ1n) is 8.50. The molecule has 136 valence electrons. The van der Waals surface area contributed by atoms with Crippen molar-refractivity contribution in [3.05, 3.63) is 60.6 Å². The molecular weight excluding hydrogens is 347 g/mol. The number of nitrogens with one attached hydrogen (secondary N) is 1. The molecule has 1 fully saturated rings. The number of rotatable bonds is 4. The minimum absolute atomic E-state index is 0.201. The summed E-state index contributed by atoms with van der Waals surface area (Å²) in [6, 6.07) is 8.05. The Hall–Kier alpha value is -3.55. The van der Waals surface area contributed by atoms with Crippen LogP contribution in [0.1, 0.15) is 16.9 Å². The molecule has 27 heavy (non-hydrogen) atoms. The standard InChI is InChI=1S/C19H17FN6O/c20-17-5-3-13(9-23-17)12-2-4-14(21)15(8-12)25-19(27)16-10-24-18(11-22-16)26-6-1-7-26/h2-5,8-11H,1,6-7,21H2,(H,25,27). The Bertz CT molecular complexity index is 970. The third kappa shape index (κ3) is 3.55. The van der Waals surface area contributed by atoms with Crippen LogP contribution in [0.2, 0.25) is 0 Å². The minimum atomic E-state index is -0.553. The smallest absolute Gasteiger partial charge is 0.275 e. The molecular formula is C19H17FN6O. The van der Waals surface area contributed by atoms with E-state index in [-0.39, 0.29) is 5.69 Å². The molecule has 1 saturated heterocycles. The van der Waals surface area contributed by atoms with Gasteiger partial charge in [0.2, 0.25) is 5.95 Å². The number of carbonyl (C=O) groups excluding carboxylic acids is 1. The lowest BCUT2D eigenvalue weighted by Gasteiger charge is -2.31. The monoisotopic (exact) mass is 364 g/mol. The van der Waals surface area contributed by atoms with E-state index < -0.39 is 11.9 Å². The van der Waals surface area contributed by atoms with Gasteiger partial charge in [-0.25, -0.2) is 15.0 Å². The van der Waals surface area contributed by atoms with Crippen LogP contribution in [0.4, 0.5) is 21.6 Å². The number of amides is 1. The van der Waals surface area contributed by atoms with Gasteiger partial charge in [0.1, 0.15) is 11.5 Å². The van der Waals surface area contributed by atoms with Gasteiger partial charge in [-0.2, -0.15) is 4.39 Å². The van der Waals surface area contributed by atoms with Crippen LogP contribution in [-0.4, -0.2) is 33.9 Å². The van der Waals surface area contributed by atoms with E-state index in [0.29, 0.717) is 16.9 Å². The van der Waals surface area contributed by atoms with Crippen LogP contribution in [0.5, 0.6) is 0 Å². The highest BCUT2D eigenvalue weighted by Crippen LogP contribution is 2.27. The number of hydrogen-bond acceptors (Lipinski definition) is 6. The van der Waals surface area contributed by atoms with Crippen molar-refractivity contribution in [3.63, 3.8) is 0 Å². The molecule has 0 aliphatic carbocycles. The molecule has 3 N–H and O–H groups in total. The first-order valence-corrected chi connectivity index (χ1v) is 8.50. The molecule has 3 heterocycles. The molecule has 1 aliphatic rings. The molecule has 0 unspecified atom stereocenters. The van der Waals surface area contributed by atoms with Crippen molar-refractivity contribution >= 4 is 23.1 Å². The van der Waals surface area contributed by atoms with E-state index in [4.69, 9.17) is 5.73 Å². The topological polar surface area (TPSA) is 97.0 Å². The average Bonchev–Trinajstić information content (AvgIpc) is 2.63. The number of hydrogen-bond donors (Lipinski definition) is 2. The summed E-state index contributed by atoms with van der Waals surface area (Å²) in [5.41, 5.74) is 8.49. The van der Waals surface area contributed by atoms with Gasteiger partial charge in [-0.15, -0.1) is 0 Å². The lowest BCUT2D eigenvalue weighted by Crippen LogP contribution is -2.37. The van der Waals surface area contributed by atoms with Gasteiger partial charge in [-0.3, -0.25) is 4.79 Å². The largest absolute Gasteiger partial charge is 0.397 e. The maximum absolute atomic E-state index is 13.0. The second-order valence-electron chi connectivity index (χ2n) is 6.23. The number of halogens is 1. The highest BCUT2D eigenvalue weighted by molar-refractivity contribution is 6.04.